The van der Waals surface area contributed by atoms with Gasteiger partial charge in [0, 0.05) is 17.5 Å². The Morgan fingerprint density at radius 1 is 1.38 bits per heavy atom. The molecule has 6 nitrogen and oxygen atoms in total. The van der Waals surface area contributed by atoms with Gasteiger partial charge in [-0.25, -0.2) is 5.43 Å². The van der Waals surface area contributed by atoms with E-state index in [1.165, 1.54) is 19.5 Å². The summed E-state index contributed by atoms with van der Waals surface area (Å²) in [6.07, 6.45) is 2.82. The third-order valence-electron chi connectivity index (χ3n) is 2.79. The highest BCUT2D eigenvalue weighted by Gasteiger charge is 2.06. The van der Waals surface area contributed by atoms with E-state index < -0.39 is 0 Å². The topological polar surface area (TPSA) is 83.8 Å². The molecule has 2 rings (SSSR count). The van der Waals surface area contributed by atoms with E-state index in [0.29, 0.717) is 16.9 Å². The third kappa shape index (κ3) is 3.56. The van der Waals surface area contributed by atoms with Gasteiger partial charge in [-0.3, -0.25) is 9.78 Å². The van der Waals surface area contributed by atoms with Gasteiger partial charge in [-0.1, -0.05) is 6.07 Å². The number of aryl methyl sites for hydroxylation is 1. The van der Waals surface area contributed by atoms with Gasteiger partial charge in [0.15, 0.2) is 11.5 Å². The summed E-state index contributed by atoms with van der Waals surface area (Å²) in [5.74, 6) is -0.0656. The van der Waals surface area contributed by atoms with Gasteiger partial charge in [-0.05, 0) is 31.2 Å². The van der Waals surface area contributed by atoms with Gasteiger partial charge in [0.1, 0.15) is 0 Å². The predicted molar refractivity (Wildman–Crippen MR) is 78.7 cm³/mol. The van der Waals surface area contributed by atoms with Crippen LogP contribution in [0.5, 0.6) is 11.5 Å². The smallest absolute Gasteiger partial charge is 0.272 e. The number of benzene rings is 1. The van der Waals surface area contributed by atoms with E-state index >= 15 is 0 Å². The van der Waals surface area contributed by atoms with Crippen LogP contribution in [0.15, 0.2) is 41.6 Å². The largest absolute Gasteiger partial charge is 0.504 e. The Morgan fingerprint density at radius 3 is 2.86 bits per heavy atom. The minimum Gasteiger partial charge on any atom is -0.504 e. The summed E-state index contributed by atoms with van der Waals surface area (Å²) in [5.41, 5.74) is 4.05. The van der Waals surface area contributed by atoms with Crippen molar-refractivity contribution < 1.29 is 14.6 Å². The Bertz CT molecular complexity index is 666. The van der Waals surface area contributed by atoms with E-state index in [4.69, 9.17) is 4.74 Å². The fraction of sp³-hybridized carbons (Fsp3) is 0.133. The summed E-state index contributed by atoms with van der Waals surface area (Å²) in [4.78, 5) is 15.8. The number of aromatic hydroxyl groups is 1. The lowest BCUT2D eigenvalue weighted by Crippen LogP contribution is -2.17. The number of carbonyl (C=O) groups is 1. The molecule has 0 saturated heterocycles. The van der Waals surface area contributed by atoms with Crippen molar-refractivity contribution in [2.24, 2.45) is 5.10 Å². The van der Waals surface area contributed by atoms with Crippen LogP contribution >= 0.6 is 0 Å². The highest BCUT2D eigenvalue weighted by molar-refractivity contribution is 5.94. The summed E-state index contributed by atoms with van der Waals surface area (Å²) >= 11 is 0. The molecule has 0 atom stereocenters. The lowest BCUT2D eigenvalue weighted by atomic mass is 10.2. The molecule has 108 valence electrons. The molecule has 0 saturated carbocycles. The number of nitrogens with zero attached hydrogens (tertiary/aromatic N) is 2. The van der Waals surface area contributed by atoms with Crippen LogP contribution in [-0.2, 0) is 0 Å². The molecule has 0 radical (unpaired) electrons. The number of aromatic nitrogens is 1. The van der Waals surface area contributed by atoms with Crippen LogP contribution in [0, 0.1) is 6.92 Å². The predicted octanol–water partition coefficient (Wildman–Crippen LogP) is 1.87. The van der Waals surface area contributed by atoms with Gasteiger partial charge >= 0.3 is 0 Å². The van der Waals surface area contributed by atoms with Gasteiger partial charge in [0.2, 0.25) is 0 Å². The summed E-state index contributed by atoms with van der Waals surface area (Å²) in [5, 5.41) is 13.7. The van der Waals surface area contributed by atoms with Crippen molar-refractivity contribution in [3.63, 3.8) is 0 Å². The zero-order chi connectivity index (χ0) is 15.2. The normalized spacial score (nSPS) is 10.6. The minimum atomic E-state index is -0.374. The van der Waals surface area contributed by atoms with E-state index in [9.17, 15) is 9.90 Å². The Hall–Kier alpha value is -2.89. The summed E-state index contributed by atoms with van der Waals surface area (Å²) in [6, 6.07) is 8.40. The molecular formula is C15H15N3O3. The van der Waals surface area contributed by atoms with Crippen LogP contribution in [0.2, 0.25) is 0 Å². The average molecular weight is 285 g/mol. The first-order chi connectivity index (χ1) is 10.1. The summed E-state index contributed by atoms with van der Waals surface area (Å²) < 4.78 is 4.99. The molecule has 0 fully saturated rings. The van der Waals surface area contributed by atoms with Crippen LogP contribution in [0.25, 0.3) is 0 Å². The second-order valence-corrected chi connectivity index (χ2v) is 4.29. The SMILES string of the molecule is COc1cccc(/C=N\NC(=O)c2ccc(C)nc2)c1O. The van der Waals surface area contributed by atoms with Crippen LogP contribution < -0.4 is 10.2 Å². The molecule has 6 heteroatoms. The van der Waals surface area contributed by atoms with Crippen molar-refractivity contribution in [3.8, 4) is 11.5 Å². The van der Waals surface area contributed by atoms with E-state index in [1.54, 1.807) is 30.3 Å². The molecule has 0 aliphatic carbocycles. The van der Waals surface area contributed by atoms with Gasteiger partial charge in [0.05, 0.1) is 18.9 Å². The fourth-order valence-electron chi connectivity index (χ4n) is 1.64. The van der Waals surface area contributed by atoms with Crippen LogP contribution in [0.3, 0.4) is 0 Å². The zero-order valence-corrected chi connectivity index (χ0v) is 11.7. The van der Waals surface area contributed by atoms with Crippen LogP contribution in [-0.4, -0.2) is 29.3 Å². The van der Waals surface area contributed by atoms with E-state index in [-0.39, 0.29) is 11.7 Å². The number of hydrogen-bond donors (Lipinski definition) is 2. The molecule has 21 heavy (non-hydrogen) atoms. The van der Waals surface area contributed by atoms with E-state index in [0.717, 1.165) is 5.69 Å². The number of hydrazone groups is 1. The fourth-order valence-corrected chi connectivity index (χ4v) is 1.64. The molecule has 0 unspecified atom stereocenters. The molecule has 2 N–H and O–H groups in total. The molecule has 1 amide bonds. The molecule has 0 bridgehead atoms. The molecule has 0 aliphatic heterocycles. The van der Waals surface area contributed by atoms with Crippen molar-refractivity contribution in [3.05, 3.63) is 53.3 Å². The molecule has 1 aromatic heterocycles. The van der Waals surface area contributed by atoms with Crippen LogP contribution in [0.4, 0.5) is 0 Å². The summed E-state index contributed by atoms with van der Waals surface area (Å²) in [6.45, 7) is 1.84. The van der Waals surface area contributed by atoms with E-state index in [1.807, 2.05) is 6.92 Å². The van der Waals surface area contributed by atoms with Crippen molar-refractivity contribution in [1.29, 1.82) is 0 Å². The molecule has 1 aromatic carbocycles. The number of pyridine rings is 1. The maximum absolute atomic E-state index is 11.8. The highest BCUT2D eigenvalue weighted by Crippen LogP contribution is 2.27. The number of methoxy groups -OCH3 is 1. The Labute approximate surface area is 122 Å². The zero-order valence-electron chi connectivity index (χ0n) is 11.7. The number of nitrogens with one attached hydrogen (secondary N) is 1. The maximum Gasteiger partial charge on any atom is 0.272 e. The quantitative estimate of drug-likeness (QED) is 0.663. The Balaban J connectivity index is 2.05. The molecular weight excluding hydrogens is 270 g/mol. The Kier molecular flexibility index (Phi) is 4.50. The van der Waals surface area contributed by atoms with Gasteiger partial charge in [0.25, 0.3) is 5.91 Å². The number of amides is 1. The van der Waals surface area contributed by atoms with Gasteiger partial charge < -0.3 is 9.84 Å². The number of hydrogen-bond acceptors (Lipinski definition) is 5. The number of carbonyl (C=O) groups excluding carboxylic acids is 1. The first kappa shape index (κ1) is 14.5. The van der Waals surface area contributed by atoms with Crippen molar-refractivity contribution in [1.82, 2.24) is 10.4 Å². The van der Waals surface area contributed by atoms with Crippen LogP contribution in [0.1, 0.15) is 21.6 Å². The average Bonchev–Trinajstić information content (AvgIpc) is 2.49. The lowest BCUT2D eigenvalue weighted by Gasteiger charge is -2.05. The minimum absolute atomic E-state index is 0.0324. The number of para-hydroxylation sites is 1. The number of phenolic OH excluding ortho intramolecular Hbond substituents is 1. The molecule has 0 aliphatic rings. The number of rotatable bonds is 4. The summed E-state index contributed by atoms with van der Waals surface area (Å²) in [7, 11) is 1.46. The number of ether oxygens (including phenoxy) is 1. The lowest BCUT2D eigenvalue weighted by molar-refractivity contribution is 0.0954. The van der Waals surface area contributed by atoms with Gasteiger partial charge in [-0.2, -0.15) is 5.10 Å². The van der Waals surface area contributed by atoms with Crippen molar-refractivity contribution >= 4 is 12.1 Å². The molecule has 0 spiro atoms. The third-order valence-corrected chi connectivity index (χ3v) is 2.79. The Morgan fingerprint density at radius 2 is 2.19 bits per heavy atom. The molecule has 2 aromatic rings. The van der Waals surface area contributed by atoms with Gasteiger partial charge in [-0.15, -0.1) is 0 Å². The second kappa shape index (κ2) is 6.51. The monoisotopic (exact) mass is 285 g/mol. The first-order valence-corrected chi connectivity index (χ1v) is 6.24. The van der Waals surface area contributed by atoms with E-state index in [2.05, 4.69) is 15.5 Å². The highest BCUT2D eigenvalue weighted by atomic mass is 16.5. The maximum atomic E-state index is 11.8. The van der Waals surface area contributed by atoms with Crippen molar-refractivity contribution in [2.45, 2.75) is 6.92 Å². The second-order valence-electron chi connectivity index (χ2n) is 4.29. The first-order valence-electron chi connectivity index (χ1n) is 6.24. The standard InChI is InChI=1S/C15H15N3O3/c1-10-6-7-12(8-16-10)15(20)18-17-9-11-4-3-5-13(21-2)14(11)19/h3-9,19H,1-2H3,(H,18,20)/b17-9-. The number of phenols is 1. The van der Waals surface area contributed by atoms with Crippen molar-refractivity contribution in [2.75, 3.05) is 7.11 Å². The molecule has 1 heterocycles.